The normalized spacial score (nSPS) is 15.8. The molecular weight excluding hydrogens is 515 g/mol. The van der Waals surface area contributed by atoms with Crippen molar-refractivity contribution < 1.29 is 9.18 Å². The molecule has 39 heavy (non-hydrogen) atoms. The van der Waals surface area contributed by atoms with Crippen molar-refractivity contribution in [1.29, 1.82) is 0 Å². The maximum atomic E-state index is 14.0. The molecule has 4 aromatic rings. The highest BCUT2D eigenvalue weighted by atomic mass is 35.5. The summed E-state index contributed by atoms with van der Waals surface area (Å²) in [6.07, 6.45) is 1.45. The molecular formula is C31H32ClFN4O2. The van der Waals surface area contributed by atoms with Gasteiger partial charge in [-0.15, -0.1) is 0 Å². The molecule has 5 rings (SSSR count). The lowest BCUT2D eigenvalue weighted by molar-refractivity contribution is -0.135. The second kappa shape index (κ2) is 11.7. The molecule has 1 fully saturated rings. The number of benzene rings is 3. The number of amides is 1. The first-order valence-corrected chi connectivity index (χ1v) is 13.9. The zero-order chi connectivity index (χ0) is 27.5. The van der Waals surface area contributed by atoms with E-state index in [1.165, 1.54) is 12.1 Å². The van der Waals surface area contributed by atoms with Crippen LogP contribution in [-0.4, -0.2) is 51.4 Å². The average molecular weight is 547 g/mol. The van der Waals surface area contributed by atoms with Gasteiger partial charge in [0.25, 0.3) is 5.56 Å². The number of hydrogen-bond donors (Lipinski definition) is 0. The lowest BCUT2D eigenvalue weighted by atomic mass is 9.94. The molecule has 0 bridgehead atoms. The molecule has 202 valence electrons. The molecule has 2 heterocycles. The van der Waals surface area contributed by atoms with Gasteiger partial charge in [0.1, 0.15) is 11.6 Å². The summed E-state index contributed by atoms with van der Waals surface area (Å²) in [7, 11) is 0. The second-order valence-electron chi connectivity index (χ2n) is 9.88. The van der Waals surface area contributed by atoms with Crippen LogP contribution in [0.2, 0.25) is 5.02 Å². The molecule has 8 heteroatoms. The van der Waals surface area contributed by atoms with Crippen LogP contribution in [0.25, 0.3) is 16.6 Å². The molecule has 1 aliphatic rings. The van der Waals surface area contributed by atoms with Gasteiger partial charge in [-0.05, 0) is 48.7 Å². The highest BCUT2D eigenvalue weighted by Gasteiger charge is 2.32. The van der Waals surface area contributed by atoms with Gasteiger partial charge in [-0.3, -0.25) is 19.1 Å². The van der Waals surface area contributed by atoms with E-state index >= 15 is 0 Å². The SMILES string of the molecule is CCC(C(=O)N1CCN(C(CC)c2nc3ccccc3c(=O)n2-c2ccc(F)c(Cl)c2)CC1)c1ccccc1. The summed E-state index contributed by atoms with van der Waals surface area (Å²) in [5.74, 6) is 0.0326. The number of nitrogens with zero attached hydrogens (tertiary/aromatic N) is 4. The largest absolute Gasteiger partial charge is 0.340 e. The molecule has 0 aliphatic carbocycles. The number of piperazine rings is 1. The third-order valence-electron chi connectivity index (χ3n) is 7.62. The minimum absolute atomic E-state index is 0.0532. The number of para-hydroxylation sites is 1. The van der Waals surface area contributed by atoms with E-state index in [1.807, 2.05) is 54.3 Å². The Balaban J connectivity index is 1.46. The third kappa shape index (κ3) is 5.34. The molecule has 2 unspecified atom stereocenters. The fourth-order valence-corrected chi connectivity index (χ4v) is 5.74. The van der Waals surface area contributed by atoms with Gasteiger partial charge in [0.2, 0.25) is 5.91 Å². The Labute approximate surface area is 232 Å². The third-order valence-corrected chi connectivity index (χ3v) is 7.91. The van der Waals surface area contributed by atoms with E-state index in [1.54, 1.807) is 22.8 Å². The van der Waals surface area contributed by atoms with E-state index in [4.69, 9.17) is 16.6 Å². The van der Waals surface area contributed by atoms with Crippen LogP contribution in [0.1, 0.15) is 50.0 Å². The Morgan fingerprint density at radius 1 is 0.949 bits per heavy atom. The van der Waals surface area contributed by atoms with Gasteiger partial charge >= 0.3 is 0 Å². The van der Waals surface area contributed by atoms with Crippen molar-refractivity contribution in [3.05, 3.63) is 105 Å². The van der Waals surface area contributed by atoms with Crippen LogP contribution in [0, 0.1) is 5.82 Å². The standard InChI is InChI=1S/C31H32ClFN4O2/c1-3-23(21-10-6-5-7-11-21)30(38)36-18-16-35(17-19-36)28(4-2)29-34-27-13-9-8-12-24(27)31(39)37(29)22-14-15-26(33)25(32)20-22/h5-15,20,23,28H,3-4,16-19H2,1-2H3. The highest BCUT2D eigenvalue weighted by Crippen LogP contribution is 2.29. The molecule has 0 N–H and O–H groups in total. The fourth-order valence-electron chi connectivity index (χ4n) is 5.56. The smallest absolute Gasteiger partial charge is 0.266 e. The lowest BCUT2D eigenvalue weighted by Gasteiger charge is -2.40. The number of fused-ring (bicyclic) bond motifs is 1. The van der Waals surface area contributed by atoms with Crippen molar-refractivity contribution in [3.63, 3.8) is 0 Å². The topological polar surface area (TPSA) is 58.4 Å². The number of hydrogen-bond acceptors (Lipinski definition) is 4. The number of carbonyl (C=O) groups excluding carboxylic acids is 1. The second-order valence-corrected chi connectivity index (χ2v) is 10.3. The van der Waals surface area contributed by atoms with Crippen molar-refractivity contribution in [2.24, 2.45) is 0 Å². The van der Waals surface area contributed by atoms with Crippen LogP contribution in [-0.2, 0) is 4.79 Å². The minimum Gasteiger partial charge on any atom is -0.340 e. The van der Waals surface area contributed by atoms with E-state index in [0.717, 1.165) is 12.0 Å². The van der Waals surface area contributed by atoms with Gasteiger partial charge in [0.15, 0.2) is 0 Å². The van der Waals surface area contributed by atoms with Crippen LogP contribution in [0.3, 0.4) is 0 Å². The quantitative estimate of drug-likeness (QED) is 0.287. The van der Waals surface area contributed by atoms with Gasteiger partial charge in [-0.1, -0.05) is 67.9 Å². The van der Waals surface area contributed by atoms with E-state index in [2.05, 4.69) is 11.8 Å². The summed E-state index contributed by atoms with van der Waals surface area (Å²) in [6.45, 7) is 6.61. The molecule has 2 atom stereocenters. The van der Waals surface area contributed by atoms with Gasteiger partial charge in [0.05, 0.1) is 33.6 Å². The van der Waals surface area contributed by atoms with Crippen LogP contribution in [0.5, 0.6) is 0 Å². The van der Waals surface area contributed by atoms with Crippen molar-refractivity contribution in [1.82, 2.24) is 19.4 Å². The van der Waals surface area contributed by atoms with E-state index < -0.39 is 5.82 Å². The first-order valence-electron chi connectivity index (χ1n) is 13.5. The molecule has 6 nitrogen and oxygen atoms in total. The predicted molar refractivity (Wildman–Crippen MR) is 153 cm³/mol. The Hall–Kier alpha value is -3.55. The number of halogens is 2. The Kier molecular flexibility index (Phi) is 8.10. The molecule has 1 aliphatic heterocycles. The van der Waals surface area contributed by atoms with Crippen LogP contribution in [0.15, 0.2) is 77.6 Å². The first-order chi connectivity index (χ1) is 18.9. The average Bonchev–Trinajstić information content (AvgIpc) is 2.96. The van der Waals surface area contributed by atoms with Crippen molar-refractivity contribution in [2.45, 2.75) is 38.6 Å². The molecule has 1 saturated heterocycles. The summed E-state index contributed by atoms with van der Waals surface area (Å²) >= 11 is 6.12. The maximum absolute atomic E-state index is 14.0. The zero-order valence-corrected chi connectivity index (χ0v) is 22.9. The van der Waals surface area contributed by atoms with Gasteiger partial charge < -0.3 is 4.90 Å². The lowest BCUT2D eigenvalue weighted by Crippen LogP contribution is -2.51. The van der Waals surface area contributed by atoms with Gasteiger partial charge in [-0.2, -0.15) is 0 Å². The van der Waals surface area contributed by atoms with Gasteiger partial charge in [-0.25, -0.2) is 9.37 Å². The fraction of sp³-hybridized carbons (Fsp3) is 0.323. The summed E-state index contributed by atoms with van der Waals surface area (Å²) < 4.78 is 15.6. The first kappa shape index (κ1) is 27.0. The van der Waals surface area contributed by atoms with Gasteiger partial charge in [0, 0.05) is 26.2 Å². The summed E-state index contributed by atoms with van der Waals surface area (Å²) in [5.41, 5.74) is 1.91. The molecule has 0 radical (unpaired) electrons. The number of carbonyl (C=O) groups is 1. The van der Waals surface area contributed by atoms with E-state index in [9.17, 15) is 14.0 Å². The van der Waals surface area contributed by atoms with Crippen LogP contribution >= 0.6 is 11.6 Å². The maximum Gasteiger partial charge on any atom is 0.266 e. The van der Waals surface area contributed by atoms with E-state index in [0.29, 0.717) is 55.0 Å². The van der Waals surface area contributed by atoms with Crippen LogP contribution in [0.4, 0.5) is 4.39 Å². The zero-order valence-electron chi connectivity index (χ0n) is 22.2. The summed E-state index contributed by atoms with van der Waals surface area (Å²) in [6, 6.07) is 21.3. The predicted octanol–water partition coefficient (Wildman–Crippen LogP) is 5.97. The van der Waals surface area contributed by atoms with Crippen molar-refractivity contribution in [2.75, 3.05) is 26.2 Å². The monoisotopic (exact) mass is 546 g/mol. The van der Waals surface area contributed by atoms with Crippen molar-refractivity contribution >= 4 is 28.4 Å². The number of rotatable bonds is 7. The molecule has 1 aromatic heterocycles. The Morgan fingerprint density at radius 2 is 1.64 bits per heavy atom. The molecule has 1 amide bonds. The molecule has 3 aromatic carbocycles. The summed E-state index contributed by atoms with van der Waals surface area (Å²) in [5, 5.41) is 0.432. The van der Waals surface area contributed by atoms with Crippen LogP contribution < -0.4 is 5.56 Å². The molecule has 0 spiro atoms. The minimum atomic E-state index is -0.544. The van der Waals surface area contributed by atoms with E-state index in [-0.39, 0.29) is 28.4 Å². The molecule has 0 saturated carbocycles. The summed E-state index contributed by atoms with van der Waals surface area (Å²) in [4.78, 5) is 36.4. The Bertz CT molecular complexity index is 1530. The Morgan fingerprint density at radius 3 is 2.31 bits per heavy atom. The number of aromatic nitrogens is 2. The highest BCUT2D eigenvalue weighted by molar-refractivity contribution is 6.30. The van der Waals surface area contributed by atoms with Crippen molar-refractivity contribution in [3.8, 4) is 5.69 Å².